The number of rotatable bonds is 12. The van der Waals surface area contributed by atoms with Crippen LogP contribution >= 0.6 is 0 Å². The molecular formula is C18H32O. The van der Waals surface area contributed by atoms with Gasteiger partial charge >= 0.3 is 0 Å². The molecule has 1 nitrogen and oxygen atoms in total. The molecule has 0 bridgehead atoms. The van der Waals surface area contributed by atoms with E-state index in [1.54, 1.807) is 0 Å². The Morgan fingerprint density at radius 1 is 0.842 bits per heavy atom. The van der Waals surface area contributed by atoms with Crippen molar-refractivity contribution in [2.45, 2.75) is 84.0 Å². The lowest BCUT2D eigenvalue weighted by molar-refractivity contribution is 0.282. The molecule has 19 heavy (non-hydrogen) atoms. The van der Waals surface area contributed by atoms with Gasteiger partial charge in [-0.3, -0.25) is 0 Å². The number of hydrogen-bond donors (Lipinski definition) is 1. The summed E-state index contributed by atoms with van der Waals surface area (Å²) in [5.41, 5.74) is 0. The van der Waals surface area contributed by atoms with E-state index in [1.165, 1.54) is 64.2 Å². The van der Waals surface area contributed by atoms with E-state index in [9.17, 15) is 0 Å². The summed E-state index contributed by atoms with van der Waals surface area (Å²) in [6.45, 7) is 2.57. The summed E-state index contributed by atoms with van der Waals surface area (Å²) in [5, 5.41) is 8.65. The third kappa shape index (κ3) is 17.3. The lowest BCUT2D eigenvalue weighted by Gasteiger charge is -1.99. The van der Waals surface area contributed by atoms with Crippen molar-refractivity contribution < 1.29 is 5.11 Å². The van der Waals surface area contributed by atoms with E-state index >= 15 is 0 Å². The first-order valence-electron chi connectivity index (χ1n) is 8.16. The van der Waals surface area contributed by atoms with Crippen LogP contribution in [0.25, 0.3) is 0 Å². The van der Waals surface area contributed by atoms with Crippen molar-refractivity contribution in [2.24, 2.45) is 0 Å². The summed E-state index contributed by atoms with van der Waals surface area (Å²) >= 11 is 0. The summed E-state index contributed by atoms with van der Waals surface area (Å²) in [7, 11) is 0. The van der Waals surface area contributed by atoms with E-state index in [0.29, 0.717) is 6.61 Å². The molecule has 1 N–H and O–H groups in total. The zero-order valence-electron chi connectivity index (χ0n) is 12.8. The number of aliphatic hydroxyl groups excluding tert-OH is 1. The number of hydrogen-bond acceptors (Lipinski definition) is 1. The zero-order valence-corrected chi connectivity index (χ0v) is 12.8. The van der Waals surface area contributed by atoms with Crippen molar-refractivity contribution in [1.29, 1.82) is 0 Å². The van der Waals surface area contributed by atoms with Crippen LogP contribution in [-0.4, -0.2) is 11.7 Å². The maximum Gasteiger partial charge on any atom is 0.0431 e. The SMILES string of the molecule is CCCC/C=C/C#CCCCCCCCCCCO. The Bertz CT molecular complexity index is 244. The molecule has 0 spiro atoms. The molecule has 0 aromatic carbocycles. The van der Waals surface area contributed by atoms with E-state index in [4.69, 9.17) is 5.11 Å². The van der Waals surface area contributed by atoms with Crippen molar-refractivity contribution in [3.8, 4) is 11.8 Å². The van der Waals surface area contributed by atoms with E-state index < -0.39 is 0 Å². The Morgan fingerprint density at radius 3 is 2.11 bits per heavy atom. The topological polar surface area (TPSA) is 20.2 Å². The largest absolute Gasteiger partial charge is 0.396 e. The Balaban J connectivity index is 3.14. The smallest absolute Gasteiger partial charge is 0.0431 e. The lowest BCUT2D eigenvalue weighted by atomic mass is 10.1. The van der Waals surface area contributed by atoms with Gasteiger partial charge in [0.1, 0.15) is 0 Å². The van der Waals surface area contributed by atoms with Crippen LogP contribution in [0.2, 0.25) is 0 Å². The highest BCUT2D eigenvalue weighted by atomic mass is 16.2. The second-order valence-electron chi connectivity index (χ2n) is 5.17. The quantitative estimate of drug-likeness (QED) is 0.377. The number of aliphatic hydroxyl groups is 1. The second kappa shape index (κ2) is 17.3. The van der Waals surface area contributed by atoms with Crippen LogP contribution in [0, 0.1) is 11.8 Å². The van der Waals surface area contributed by atoms with Crippen LogP contribution in [0.3, 0.4) is 0 Å². The van der Waals surface area contributed by atoms with E-state index in [0.717, 1.165) is 12.8 Å². The molecule has 0 aliphatic rings. The van der Waals surface area contributed by atoms with Gasteiger partial charge in [-0.05, 0) is 25.3 Å². The Hall–Kier alpha value is -0.740. The van der Waals surface area contributed by atoms with Gasteiger partial charge in [-0.1, -0.05) is 76.2 Å². The molecule has 0 saturated carbocycles. The average Bonchev–Trinajstić information content (AvgIpc) is 2.43. The molecule has 0 aliphatic carbocycles. The molecule has 110 valence electrons. The lowest BCUT2D eigenvalue weighted by Crippen LogP contribution is -1.84. The number of allylic oxidation sites excluding steroid dienone is 2. The van der Waals surface area contributed by atoms with Gasteiger partial charge in [-0.25, -0.2) is 0 Å². The highest BCUT2D eigenvalue weighted by molar-refractivity contribution is 5.14. The summed E-state index contributed by atoms with van der Waals surface area (Å²) in [5.74, 6) is 6.33. The molecule has 1 heteroatoms. The van der Waals surface area contributed by atoms with E-state index in [1.807, 2.05) is 6.08 Å². The Morgan fingerprint density at radius 2 is 1.47 bits per heavy atom. The molecule has 0 aliphatic heterocycles. The van der Waals surface area contributed by atoms with E-state index in [2.05, 4.69) is 24.8 Å². The van der Waals surface area contributed by atoms with Crippen LogP contribution in [0.15, 0.2) is 12.2 Å². The minimum Gasteiger partial charge on any atom is -0.396 e. The Kier molecular flexibility index (Phi) is 16.6. The highest BCUT2D eigenvalue weighted by Crippen LogP contribution is 2.09. The molecule has 0 radical (unpaired) electrons. The first kappa shape index (κ1) is 18.3. The number of unbranched alkanes of at least 4 members (excludes halogenated alkanes) is 10. The molecule has 0 heterocycles. The van der Waals surface area contributed by atoms with Crippen molar-refractivity contribution in [3.63, 3.8) is 0 Å². The van der Waals surface area contributed by atoms with Gasteiger partial charge in [0.05, 0.1) is 0 Å². The van der Waals surface area contributed by atoms with Crippen molar-refractivity contribution in [1.82, 2.24) is 0 Å². The minimum absolute atomic E-state index is 0.353. The first-order chi connectivity index (χ1) is 9.41. The molecular weight excluding hydrogens is 232 g/mol. The van der Waals surface area contributed by atoms with Gasteiger partial charge in [0.25, 0.3) is 0 Å². The fourth-order valence-electron chi connectivity index (χ4n) is 1.98. The molecule has 0 saturated heterocycles. The molecule has 0 rings (SSSR count). The van der Waals surface area contributed by atoms with Crippen molar-refractivity contribution in [2.75, 3.05) is 6.61 Å². The van der Waals surface area contributed by atoms with Gasteiger partial charge in [0.15, 0.2) is 0 Å². The third-order valence-electron chi connectivity index (χ3n) is 3.24. The van der Waals surface area contributed by atoms with Crippen molar-refractivity contribution >= 4 is 0 Å². The highest BCUT2D eigenvalue weighted by Gasteiger charge is 1.91. The predicted molar refractivity (Wildman–Crippen MR) is 85.1 cm³/mol. The predicted octanol–water partition coefficient (Wildman–Crippen LogP) is 5.24. The maximum absolute atomic E-state index is 8.65. The van der Waals surface area contributed by atoms with Crippen LogP contribution in [0.5, 0.6) is 0 Å². The third-order valence-corrected chi connectivity index (χ3v) is 3.24. The van der Waals surface area contributed by atoms with E-state index in [-0.39, 0.29) is 0 Å². The molecule has 0 amide bonds. The Labute approximate surface area is 120 Å². The maximum atomic E-state index is 8.65. The summed E-state index contributed by atoms with van der Waals surface area (Å²) < 4.78 is 0. The molecule has 0 unspecified atom stereocenters. The average molecular weight is 264 g/mol. The van der Waals surface area contributed by atoms with Gasteiger partial charge in [0, 0.05) is 13.0 Å². The fraction of sp³-hybridized carbons (Fsp3) is 0.778. The van der Waals surface area contributed by atoms with Crippen LogP contribution < -0.4 is 0 Å². The second-order valence-corrected chi connectivity index (χ2v) is 5.17. The zero-order chi connectivity index (χ0) is 14.0. The minimum atomic E-state index is 0.353. The van der Waals surface area contributed by atoms with Gasteiger partial charge in [0.2, 0.25) is 0 Å². The van der Waals surface area contributed by atoms with Crippen molar-refractivity contribution in [3.05, 3.63) is 12.2 Å². The molecule has 0 aromatic rings. The van der Waals surface area contributed by atoms with Gasteiger partial charge < -0.3 is 5.11 Å². The van der Waals surface area contributed by atoms with Crippen LogP contribution in [-0.2, 0) is 0 Å². The fourth-order valence-corrected chi connectivity index (χ4v) is 1.98. The summed E-state index contributed by atoms with van der Waals surface area (Å²) in [6.07, 6.45) is 18.9. The van der Waals surface area contributed by atoms with Gasteiger partial charge in [-0.15, -0.1) is 0 Å². The summed E-state index contributed by atoms with van der Waals surface area (Å²) in [6, 6.07) is 0. The first-order valence-corrected chi connectivity index (χ1v) is 8.16. The van der Waals surface area contributed by atoms with Gasteiger partial charge in [-0.2, -0.15) is 0 Å². The summed E-state index contributed by atoms with van der Waals surface area (Å²) in [4.78, 5) is 0. The molecule has 0 fully saturated rings. The normalized spacial score (nSPS) is 10.6. The monoisotopic (exact) mass is 264 g/mol. The molecule has 0 aromatic heterocycles. The van der Waals surface area contributed by atoms with Crippen LogP contribution in [0.1, 0.15) is 84.0 Å². The molecule has 0 atom stereocenters. The van der Waals surface area contributed by atoms with Crippen LogP contribution in [0.4, 0.5) is 0 Å². The standard InChI is InChI=1S/C18H32O/c1-2-3-4-5-6-7-8-9-10-11-12-13-14-15-16-17-18-19/h5-6,19H,2-4,9-18H2,1H3/b6-5+.